The van der Waals surface area contributed by atoms with Crippen molar-refractivity contribution < 1.29 is 19.2 Å². The van der Waals surface area contributed by atoms with Gasteiger partial charge in [-0.15, -0.1) is 0 Å². The van der Waals surface area contributed by atoms with Gasteiger partial charge < -0.3 is 9.52 Å². The number of hydrogen-bond acceptors (Lipinski definition) is 6. The fraction of sp³-hybridized carbons (Fsp3) is 0.0714. The molecule has 2 aromatic heterocycles. The maximum Gasteiger partial charge on any atom is 0.335 e. The van der Waals surface area contributed by atoms with E-state index in [1.165, 1.54) is 12.2 Å². The van der Waals surface area contributed by atoms with Crippen molar-refractivity contribution in [2.24, 2.45) is 0 Å². The number of carbonyl (C=O) groups is 1. The van der Waals surface area contributed by atoms with E-state index in [0.717, 1.165) is 6.08 Å². The van der Waals surface area contributed by atoms with E-state index in [0.29, 0.717) is 16.8 Å². The van der Waals surface area contributed by atoms with Crippen LogP contribution in [0.5, 0.6) is 0 Å². The topological polar surface area (TPSA) is 119 Å². The van der Waals surface area contributed by atoms with Gasteiger partial charge in [0, 0.05) is 24.3 Å². The van der Waals surface area contributed by atoms with Crippen LogP contribution in [0, 0.1) is 10.1 Å². The summed E-state index contributed by atoms with van der Waals surface area (Å²) in [5.74, 6) is -1.07. The van der Waals surface area contributed by atoms with Crippen LogP contribution in [-0.2, 0) is 4.79 Å². The number of pyridine rings is 1. The summed E-state index contributed by atoms with van der Waals surface area (Å²) in [4.78, 5) is 29.7. The minimum Gasteiger partial charge on any atom is -0.478 e. The molecule has 2 aromatic rings. The lowest BCUT2D eigenvalue weighted by molar-refractivity contribution is -0.419. The van der Waals surface area contributed by atoms with Gasteiger partial charge in [-0.25, -0.2) is 9.78 Å². The number of aromatic nitrogens is 2. The molecule has 0 aliphatic heterocycles. The van der Waals surface area contributed by atoms with Crippen molar-refractivity contribution in [3.8, 4) is 0 Å². The third kappa shape index (κ3) is 2.49. The zero-order valence-electron chi connectivity index (χ0n) is 11.1. The standard InChI is InChI=1S/C14H9N3O5/c18-14(19)9-6-8(3-4-10(7-9)17(20)21)13-16-12-11(22-13)2-1-5-15-12/h1-2,4-7H,3H2,(H,18,19). The van der Waals surface area contributed by atoms with Gasteiger partial charge in [0.2, 0.25) is 5.89 Å². The minimum absolute atomic E-state index is 0.135. The van der Waals surface area contributed by atoms with Crippen molar-refractivity contribution in [2.75, 3.05) is 0 Å². The molecule has 0 saturated heterocycles. The van der Waals surface area contributed by atoms with E-state index in [-0.39, 0.29) is 23.6 Å². The van der Waals surface area contributed by atoms with E-state index >= 15 is 0 Å². The normalized spacial score (nSPS) is 14.8. The third-order valence-electron chi connectivity index (χ3n) is 3.06. The monoisotopic (exact) mass is 299 g/mol. The fourth-order valence-corrected chi connectivity index (χ4v) is 2.03. The molecule has 1 aliphatic rings. The number of nitro groups is 1. The number of rotatable bonds is 3. The van der Waals surface area contributed by atoms with Crippen molar-refractivity contribution in [1.29, 1.82) is 0 Å². The number of allylic oxidation sites excluding steroid dienone is 3. The van der Waals surface area contributed by atoms with Crippen molar-refractivity contribution in [1.82, 2.24) is 9.97 Å². The Kier molecular flexibility index (Phi) is 3.26. The molecule has 0 radical (unpaired) electrons. The predicted octanol–water partition coefficient (Wildman–Crippen LogP) is 2.18. The van der Waals surface area contributed by atoms with E-state index in [1.54, 1.807) is 18.3 Å². The Labute approximate surface area is 123 Å². The van der Waals surface area contributed by atoms with Gasteiger partial charge in [-0.05, 0) is 24.3 Å². The molecule has 0 spiro atoms. The number of fused-ring (bicyclic) bond motifs is 1. The Morgan fingerprint density at radius 1 is 1.41 bits per heavy atom. The Bertz CT molecular complexity index is 842. The molecule has 1 N–H and O–H groups in total. The summed E-state index contributed by atoms with van der Waals surface area (Å²) in [7, 11) is 0. The first-order chi connectivity index (χ1) is 10.5. The summed E-state index contributed by atoms with van der Waals surface area (Å²) in [5.41, 5.74) is 0.802. The van der Waals surface area contributed by atoms with E-state index in [9.17, 15) is 14.9 Å². The van der Waals surface area contributed by atoms with Crippen LogP contribution in [-0.4, -0.2) is 26.0 Å². The predicted molar refractivity (Wildman–Crippen MR) is 75.2 cm³/mol. The molecule has 8 nitrogen and oxygen atoms in total. The first-order valence-electron chi connectivity index (χ1n) is 6.26. The largest absolute Gasteiger partial charge is 0.478 e. The molecule has 3 rings (SSSR count). The van der Waals surface area contributed by atoms with Crippen LogP contribution < -0.4 is 0 Å². The fourth-order valence-electron chi connectivity index (χ4n) is 2.03. The maximum atomic E-state index is 11.2. The van der Waals surface area contributed by atoms with E-state index < -0.39 is 10.9 Å². The van der Waals surface area contributed by atoms with Crippen LogP contribution in [0.3, 0.4) is 0 Å². The summed E-state index contributed by atoms with van der Waals surface area (Å²) in [6, 6.07) is 3.37. The van der Waals surface area contributed by atoms with Gasteiger partial charge in [-0.3, -0.25) is 10.1 Å². The highest BCUT2D eigenvalue weighted by Crippen LogP contribution is 2.27. The number of hydrogen-bond donors (Lipinski definition) is 1. The van der Waals surface area contributed by atoms with Gasteiger partial charge >= 0.3 is 5.97 Å². The van der Waals surface area contributed by atoms with Gasteiger partial charge in [-0.2, -0.15) is 4.98 Å². The number of oxazole rings is 1. The Balaban J connectivity index is 2.08. The lowest BCUT2D eigenvalue weighted by atomic mass is 10.1. The SMILES string of the molecule is O=C(O)C1=CC([N+](=O)[O-])=CCC(c2nc3ncccc3o2)=C1. The zero-order valence-corrected chi connectivity index (χ0v) is 11.1. The van der Waals surface area contributed by atoms with Crippen molar-refractivity contribution in [2.45, 2.75) is 6.42 Å². The summed E-state index contributed by atoms with van der Waals surface area (Å²) in [6.07, 6.45) is 5.35. The second kappa shape index (κ2) is 5.24. The van der Waals surface area contributed by atoms with Gasteiger partial charge in [0.05, 0.1) is 10.5 Å². The quantitative estimate of drug-likeness (QED) is 0.681. The highest BCUT2D eigenvalue weighted by Gasteiger charge is 2.20. The Hall–Kier alpha value is -3.29. The average Bonchev–Trinajstić information content (AvgIpc) is 2.77. The van der Waals surface area contributed by atoms with E-state index in [1.807, 2.05) is 0 Å². The number of aliphatic carboxylic acids is 1. The van der Waals surface area contributed by atoms with Gasteiger partial charge in [-0.1, -0.05) is 0 Å². The molecule has 110 valence electrons. The van der Waals surface area contributed by atoms with E-state index in [2.05, 4.69) is 9.97 Å². The van der Waals surface area contributed by atoms with Crippen molar-refractivity contribution >= 4 is 22.8 Å². The lowest BCUT2D eigenvalue weighted by Crippen LogP contribution is -2.01. The molecule has 8 heteroatoms. The molecule has 22 heavy (non-hydrogen) atoms. The van der Waals surface area contributed by atoms with Crippen molar-refractivity contribution in [3.63, 3.8) is 0 Å². The van der Waals surface area contributed by atoms with Gasteiger partial charge in [0.25, 0.3) is 5.70 Å². The second-order valence-corrected chi connectivity index (χ2v) is 4.51. The molecular formula is C14H9N3O5. The number of carboxylic acid groups (broad SMARTS) is 1. The Morgan fingerprint density at radius 2 is 2.23 bits per heavy atom. The molecule has 0 saturated carbocycles. The van der Waals surface area contributed by atoms with Crippen LogP contribution in [0.2, 0.25) is 0 Å². The minimum atomic E-state index is -1.26. The van der Waals surface area contributed by atoms with E-state index in [4.69, 9.17) is 9.52 Å². The smallest absolute Gasteiger partial charge is 0.335 e. The van der Waals surface area contributed by atoms with Crippen LogP contribution in [0.15, 0.2) is 52.2 Å². The number of carboxylic acids is 1. The summed E-state index contributed by atoms with van der Waals surface area (Å²) >= 11 is 0. The first kappa shape index (κ1) is 13.7. The highest BCUT2D eigenvalue weighted by atomic mass is 16.6. The first-order valence-corrected chi connectivity index (χ1v) is 6.26. The van der Waals surface area contributed by atoms with Crippen LogP contribution in [0.1, 0.15) is 12.3 Å². The second-order valence-electron chi connectivity index (χ2n) is 4.51. The van der Waals surface area contributed by atoms with Crippen LogP contribution in [0.25, 0.3) is 16.8 Å². The van der Waals surface area contributed by atoms with Gasteiger partial charge in [0.1, 0.15) is 0 Å². The summed E-state index contributed by atoms with van der Waals surface area (Å²) < 4.78 is 5.53. The Morgan fingerprint density at radius 3 is 2.91 bits per heavy atom. The molecule has 0 aromatic carbocycles. The lowest BCUT2D eigenvalue weighted by Gasteiger charge is -1.97. The van der Waals surface area contributed by atoms with Crippen LogP contribution >= 0.6 is 0 Å². The third-order valence-corrected chi connectivity index (χ3v) is 3.06. The van der Waals surface area contributed by atoms with Crippen molar-refractivity contribution in [3.05, 3.63) is 63.8 Å². The molecule has 0 amide bonds. The molecule has 1 aliphatic carbocycles. The molecular weight excluding hydrogens is 290 g/mol. The molecule has 2 heterocycles. The maximum absolute atomic E-state index is 11.2. The average molecular weight is 299 g/mol. The highest BCUT2D eigenvalue weighted by molar-refractivity contribution is 5.93. The van der Waals surface area contributed by atoms with Crippen LogP contribution in [0.4, 0.5) is 0 Å². The number of nitrogens with zero attached hydrogens (tertiary/aromatic N) is 3. The zero-order chi connectivity index (χ0) is 15.7. The molecule has 0 unspecified atom stereocenters. The molecule has 0 atom stereocenters. The molecule has 0 fully saturated rings. The summed E-state index contributed by atoms with van der Waals surface area (Å²) in [5, 5.41) is 20.0. The van der Waals surface area contributed by atoms with Gasteiger partial charge in [0.15, 0.2) is 11.2 Å². The molecule has 0 bridgehead atoms. The summed E-state index contributed by atoms with van der Waals surface area (Å²) in [6.45, 7) is 0.